The Morgan fingerprint density at radius 1 is 0.875 bits per heavy atom. The van der Waals surface area contributed by atoms with Gasteiger partial charge >= 0.3 is 0 Å². The first-order valence-corrected chi connectivity index (χ1v) is 4.73. The van der Waals surface area contributed by atoms with Crippen LogP contribution in [0.25, 0.3) is 11.1 Å². The molecule has 0 aliphatic rings. The Morgan fingerprint density at radius 2 is 1.50 bits per heavy atom. The topological polar surface area (TPSA) is 64.2 Å². The molecule has 2 rings (SSSR count). The van der Waals surface area contributed by atoms with Crippen molar-refractivity contribution < 1.29 is 10.2 Å². The predicted octanol–water partition coefficient (Wildman–Crippen LogP) is 2.64. The standard InChI is InChI=1S/C13H9NO2/c14-8-11-2-1-10(7-13(11)16)9-3-5-12(15)6-4-9/h1-7,15-16H. The van der Waals surface area contributed by atoms with Crippen molar-refractivity contribution in [3.63, 3.8) is 0 Å². The zero-order valence-corrected chi connectivity index (χ0v) is 8.38. The van der Waals surface area contributed by atoms with Gasteiger partial charge in [0.05, 0.1) is 5.56 Å². The lowest BCUT2D eigenvalue weighted by atomic mass is 10.0. The lowest BCUT2D eigenvalue weighted by Crippen LogP contribution is -1.80. The van der Waals surface area contributed by atoms with Crippen molar-refractivity contribution >= 4 is 0 Å². The first-order chi connectivity index (χ1) is 7.70. The molecular formula is C13H9NO2. The van der Waals surface area contributed by atoms with Gasteiger partial charge in [0, 0.05) is 0 Å². The van der Waals surface area contributed by atoms with Crippen LogP contribution in [0, 0.1) is 11.3 Å². The van der Waals surface area contributed by atoms with Crippen LogP contribution < -0.4 is 0 Å². The Labute approximate surface area is 92.8 Å². The van der Waals surface area contributed by atoms with Gasteiger partial charge in [-0.25, -0.2) is 0 Å². The molecular weight excluding hydrogens is 202 g/mol. The minimum atomic E-state index is -0.0342. The Balaban J connectivity index is 2.46. The summed E-state index contributed by atoms with van der Waals surface area (Å²) in [6.07, 6.45) is 0. The average molecular weight is 211 g/mol. The molecule has 0 spiro atoms. The van der Waals surface area contributed by atoms with E-state index in [4.69, 9.17) is 10.4 Å². The van der Waals surface area contributed by atoms with E-state index in [1.165, 1.54) is 6.07 Å². The Bertz CT molecular complexity index is 553. The van der Waals surface area contributed by atoms with Crippen LogP contribution in [0.1, 0.15) is 5.56 Å². The third-order valence-electron chi connectivity index (χ3n) is 2.32. The first kappa shape index (κ1) is 10.1. The molecule has 0 heterocycles. The molecule has 0 aliphatic heterocycles. The molecule has 0 aromatic heterocycles. The van der Waals surface area contributed by atoms with Crippen LogP contribution >= 0.6 is 0 Å². The van der Waals surface area contributed by atoms with E-state index in [9.17, 15) is 5.11 Å². The van der Waals surface area contributed by atoms with Gasteiger partial charge in [0.15, 0.2) is 0 Å². The third-order valence-corrected chi connectivity index (χ3v) is 2.32. The zero-order valence-electron chi connectivity index (χ0n) is 8.38. The second-order valence-electron chi connectivity index (χ2n) is 3.39. The van der Waals surface area contributed by atoms with E-state index in [0.29, 0.717) is 0 Å². The predicted molar refractivity (Wildman–Crippen MR) is 59.9 cm³/mol. The number of phenolic OH excluding ortho intramolecular Hbond substituents is 2. The van der Waals surface area contributed by atoms with Crippen molar-refractivity contribution in [2.75, 3.05) is 0 Å². The molecule has 0 radical (unpaired) electrons. The number of aromatic hydroxyl groups is 2. The van der Waals surface area contributed by atoms with Crippen molar-refractivity contribution in [2.24, 2.45) is 0 Å². The van der Waals surface area contributed by atoms with Crippen LogP contribution in [-0.2, 0) is 0 Å². The summed E-state index contributed by atoms with van der Waals surface area (Å²) in [5, 5.41) is 27.4. The molecule has 0 fully saturated rings. The largest absolute Gasteiger partial charge is 0.508 e. The molecule has 3 nitrogen and oxygen atoms in total. The molecule has 16 heavy (non-hydrogen) atoms. The van der Waals surface area contributed by atoms with Gasteiger partial charge in [-0.05, 0) is 35.4 Å². The summed E-state index contributed by atoms with van der Waals surface area (Å²) < 4.78 is 0. The SMILES string of the molecule is N#Cc1ccc(-c2ccc(O)cc2)cc1O. The second kappa shape index (κ2) is 3.95. The van der Waals surface area contributed by atoms with Gasteiger partial charge in [0.2, 0.25) is 0 Å². The molecule has 0 atom stereocenters. The maximum atomic E-state index is 9.54. The Kier molecular flexibility index (Phi) is 2.49. The van der Waals surface area contributed by atoms with Crippen LogP contribution in [0.3, 0.4) is 0 Å². The van der Waals surface area contributed by atoms with Crippen molar-refractivity contribution in [1.82, 2.24) is 0 Å². The van der Waals surface area contributed by atoms with Crippen LogP contribution in [0.15, 0.2) is 42.5 Å². The van der Waals surface area contributed by atoms with Gasteiger partial charge in [0.25, 0.3) is 0 Å². The Morgan fingerprint density at radius 3 is 2.06 bits per heavy atom. The highest BCUT2D eigenvalue weighted by Gasteiger charge is 2.03. The molecule has 2 aromatic carbocycles. The van der Waals surface area contributed by atoms with Crippen LogP contribution in [0.5, 0.6) is 11.5 Å². The van der Waals surface area contributed by atoms with E-state index in [1.807, 2.05) is 6.07 Å². The van der Waals surface area contributed by atoms with Gasteiger partial charge < -0.3 is 10.2 Å². The maximum absolute atomic E-state index is 9.54. The van der Waals surface area contributed by atoms with Crippen molar-refractivity contribution in [3.8, 4) is 28.7 Å². The second-order valence-corrected chi connectivity index (χ2v) is 3.39. The van der Waals surface area contributed by atoms with Crippen molar-refractivity contribution in [2.45, 2.75) is 0 Å². The summed E-state index contributed by atoms with van der Waals surface area (Å²) >= 11 is 0. The van der Waals surface area contributed by atoms with E-state index in [-0.39, 0.29) is 17.1 Å². The minimum Gasteiger partial charge on any atom is -0.508 e. The van der Waals surface area contributed by atoms with E-state index >= 15 is 0 Å². The van der Waals surface area contributed by atoms with E-state index < -0.39 is 0 Å². The molecule has 0 saturated carbocycles. The first-order valence-electron chi connectivity index (χ1n) is 4.73. The highest BCUT2D eigenvalue weighted by molar-refractivity contribution is 5.67. The minimum absolute atomic E-state index is 0.0342. The molecule has 0 amide bonds. The molecule has 2 aromatic rings. The van der Waals surface area contributed by atoms with Crippen molar-refractivity contribution in [1.29, 1.82) is 5.26 Å². The molecule has 0 aliphatic carbocycles. The number of nitrogens with zero attached hydrogens (tertiary/aromatic N) is 1. The number of nitriles is 1. The van der Waals surface area contributed by atoms with Gasteiger partial charge in [-0.3, -0.25) is 0 Å². The fraction of sp³-hybridized carbons (Fsp3) is 0. The van der Waals surface area contributed by atoms with E-state index in [0.717, 1.165) is 11.1 Å². The number of hydrogen-bond donors (Lipinski definition) is 2. The Hall–Kier alpha value is -2.47. The smallest absolute Gasteiger partial charge is 0.133 e. The van der Waals surface area contributed by atoms with Gasteiger partial charge in [-0.2, -0.15) is 5.26 Å². The van der Waals surface area contributed by atoms with Crippen LogP contribution in [-0.4, -0.2) is 10.2 Å². The van der Waals surface area contributed by atoms with Crippen LogP contribution in [0.4, 0.5) is 0 Å². The number of rotatable bonds is 1. The summed E-state index contributed by atoms with van der Waals surface area (Å²) in [5.41, 5.74) is 1.93. The number of phenols is 2. The zero-order chi connectivity index (χ0) is 11.5. The highest BCUT2D eigenvalue weighted by Crippen LogP contribution is 2.27. The fourth-order valence-corrected chi connectivity index (χ4v) is 1.46. The monoisotopic (exact) mass is 211 g/mol. The summed E-state index contributed by atoms with van der Waals surface area (Å²) in [6.45, 7) is 0. The van der Waals surface area contributed by atoms with E-state index in [1.54, 1.807) is 36.4 Å². The van der Waals surface area contributed by atoms with Gasteiger partial charge in [0.1, 0.15) is 17.6 Å². The average Bonchev–Trinajstić information content (AvgIpc) is 2.30. The number of hydrogen-bond acceptors (Lipinski definition) is 3. The molecule has 0 bridgehead atoms. The molecule has 78 valence electrons. The fourth-order valence-electron chi connectivity index (χ4n) is 1.46. The third kappa shape index (κ3) is 1.82. The lowest BCUT2D eigenvalue weighted by molar-refractivity contribution is 0.474. The van der Waals surface area contributed by atoms with Gasteiger partial charge in [-0.1, -0.05) is 18.2 Å². The lowest BCUT2D eigenvalue weighted by Gasteiger charge is -2.03. The van der Waals surface area contributed by atoms with Gasteiger partial charge in [-0.15, -0.1) is 0 Å². The molecule has 0 saturated heterocycles. The highest BCUT2D eigenvalue weighted by atomic mass is 16.3. The normalized spacial score (nSPS) is 9.69. The molecule has 3 heteroatoms. The quantitative estimate of drug-likeness (QED) is 0.762. The van der Waals surface area contributed by atoms with E-state index in [2.05, 4.69) is 0 Å². The van der Waals surface area contributed by atoms with Crippen LogP contribution in [0.2, 0.25) is 0 Å². The summed E-state index contributed by atoms with van der Waals surface area (Å²) in [5.74, 6) is 0.162. The molecule has 2 N–H and O–H groups in total. The number of benzene rings is 2. The summed E-state index contributed by atoms with van der Waals surface area (Å²) in [7, 11) is 0. The maximum Gasteiger partial charge on any atom is 0.133 e. The molecule has 0 unspecified atom stereocenters. The van der Waals surface area contributed by atoms with Crippen molar-refractivity contribution in [3.05, 3.63) is 48.0 Å². The summed E-state index contributed by atoms with van der Waals surface area (Å²) in [4.78, 5) is 0. The summed E-state index contributed by atoms with van der Waals surface area (Å²) in [6, 6.07) is 13.4.